The highest BCUT2D eigenvalue weighted by atomic mass is 16.2. The van der Waals surface area contributed by atoms with Gasteiger partial charge < -0.3 is 15.5 Å². The molecule has 3 aromatic rings. The molecule has 1 aliphatic heterocycles. The Morgan fingerprint density at radius 3 is 2.29 bits per heavy atom. The Labute approximate surface area is 201 Å². The molecule has 2 amide bonds. The number of carbonyl (C=O) groups excluding carboxylic acids is 2. The second-order valence-electron chi connectivity index (χ2n) is 8.93. The molecule has 34 heavy (non-hydrogen) atoms. The van der Waals surface area contributed by atoms with Gasteiger partial charge in [0.25, 0.3) is 11.8 Å². The number of benzene rings is 3. The van der Waals surface area contributed by atoms with E-state index >= 15 is 0 Å². The number of carbonyl (C=O) groups is 2. The number of piperazine rings is 1. The molecule has 6 heteroatoms. The van der Waals surface area contributed by atoms with E-state index in [1.54, 1.807) is 24.3 Å². The number of aryl methyl sites for hydroxylation is 1. The molecule has 0 bridgehead atoms. The van der Waals surface area contributed by atoms with Crippen molar-refractivity contribution in [1.29, 1.82) is 0 Å². The van der Waals surface area contributed by atoms with Gasteiger partial charge >= 0.3 is 0 Å². The van der Waals surface area contributed by atoms with Crippen LogP contribution in [0, 0.1) is 6.92 Å². The van der Waals surface area contributed by atoms with Crippen LogP contribution in [-0.4, -0.2) is 54.8 Å². The second kappa shape index (κ2) is 11.1. The number of likely N-dealkylation sites (N-methyl/N-ethyl adjacent to an activating group) is 1. The maximum absolute atomic E-state index is 12.8. The van der Waals surface area contributed by atoms with Gasteiger partial charge in [0.15, 0.2) is 0 Å². The SMILES string of the molecule is Cc1ccc(C(=O)NCc2cccc(CN3CCN(C)CC3)c2)cc1NC(=O)c1ccccc1. The van der Waals surface area contributed by atoms with Crippen molar-refractivity contribution in [2.75, 3.05) is 38.5 Å². The van der Waals surface area contributed by atoms with Crippen molar-refractivity contribution in [2.45, 2.75) is 20.0 Å². The van der Waals surface area contributed by atoms with Gasteiger partial charge in [0.2, 0.25) is 0 Å². The van der Waals surface area contributed by atoms with Crippen molar-refractivity contribution in [3.63, 3.8) is 0 Å². The molecule has 2 N–H and O–H groups in total. The van der Waals surface area contributed by atoms with Gasteiger partial charge in [-0.15, -0.1) is 0 Å². The first-order chi connectivity index (χ1) is 16.5. The number of anilines is 1. The summed E-state index contributed by atoms with van der Waals surface area (Å²) in [6, 6.07) is 22.8. The van der Waals surface area contributed by atoms with Crippen LogP contribution in [-0.2, 0) is 13.1 Å². The third-order valence-corrected chi connectivity index (χ3v) is 6.23. The highest BCUT2D eigenvalue weighted by Gasteiger charge is 2.14. The minimum Gasteiger partial charge on any atom is -0.348 e. The van der Waals surface area contributed by atoms with E-state index in [0.29, 0.717) is 23.4 Å². The van der Waals surface area contributed by atoms with Crippen LogP contribution < -0.4 is 10.6 Å². The molecule has 0 aromatic heterocycles. The number of amides is 2. The molecule has 0 unspecified atom stereocenters. The minimum atomic E-state index is -0.196. The molecule has 0 spiro atoms. The predicted molar refractivity (Wildman–Crippen MR) is 136 cm³/mol. The summed E-state index contributed by atoms with van der Waals surface area (Å²) in [5, 5.41) is 5.93. The lowest BCUT2D eigenvalue weighted by atomic mass is 10.1. The van der Waals surface area contributed by atoms with Crippen molar-refractivity contribution in [1.82, 2.24) is 15.1 Å². The molecule has 1 fully saturated rings. The van der Waals surface area contributed by atoms with E-state index in [2.05, 4.69) is 45.7 Å². The van der Waals surface area contributed by atoms with E-state index in [-0.39, 0.29) is 11.8 Å². The van der Waals surface area contributed by atoms with Gasteiger partial charge in [0.1, 0.15) is 0 Å². The lowest BCUT2D eigenvalue weighted by Crippen LogP contribution is -2.43. The highest BCUT2D eigenvalue weighted by Crippen LogP contribution is 2.18. The van der Waals surface area contributed by atoms with Gasteiger partial charge in [-0.25, -0.2) is 0 Å². The Morgan fingerprint density at radius 2 is 1.53 bits per heavy atom. The predicted octanol–water partition coefficient (Wildman–Crippen LogP) is 3.92. The fraction of sp³-hybridized carbons (Fsp3) is 0.286. The maximum atomic E-state index is 12.8. The largest absolute Gasteiger partial charge is 0.348 e. The molecule has 0 saturated carbocycles. The van der Waals surface area contributed by atoms with E-state index in [1.165, 1.54) is 5.56 Å². The summed E-state index contributed by atoms with van der Waals surface area (Å²) in [5.41, 5.74) is 4.96. The fourth-order valence-electron chi connectivity index (χ4n) is 4.07. The first kappa shape index (κ1) is 23.7. The smallest absolute Gasteiger partial charge is 0.255 e. The molecule has 176 valence electrons. The Bertz CT molecular complexity index is 1140. The van der Waals surface area contributed by atoms with Crippen LogP contribution in [0.15, 0.2) is 72.8 Å². The molecule has 1 aliphatic rings. The maximum Gasteiger partial charge on any atom is 0.255 e. The van der Waals surface area contributed by atoms with Gasteiger partial charge in [-0.1, -0.05) is 48.5 Å². The van der Waals surface area contributed by atoms with E-state index in [0.717, 1.165) is 43.9 Å². The first-order valence-electron chi connectivity index (χ1n) is 11.7. The second-order valence-corrected chi connectivity index (χ2v) is 8.93. The Hall–Kier alpha value is -3.48. The topological polar surface area (TPSA) is 64.7 Å². The monoisotopic (exact) mass is 456 g/mol. The zero-order valence-electron chi connectivity index (χ0n) is 19.9. The Kier molecular flexibility index (Phi) is 7.72. The lowest BCUT2D eigenvalue weighted by molar-refractivity contribution is 0.0949. The van der Waals surface area contributed by atoms with Gasteiger partial charge in [-0.3, -0.25) is 14.5 Å². The molecule has 1 heterocycles. The summed E-state index contributed by atoms with van der Waals surface area (Å²) >= 11 is 0. The number of nitrogens with zero attached hydrogens (tertiary/aromatic N) is 2. The van der Waals surface area contributed by atoms with Crippen LogP contribution in [0.3, 0.4) is 0 Å². The van der Waals surface area contributed by atoms with Crippen molar-refractivity contribution in [3.8, 4) is 0 Å². The van der Waals surface area contributed by atoms with Crippen LogP contribution >= 0.6 is 0 Å². The zero-order valence-corrected chi connectivity index (χ0v) is 19.9. The molecule has 1 saturated heterocycles. The summed E-state index contributed by atoms with van der Waals surface area (Å²) < 4.78 is 0. The van der Waals surface area contributed by atoms with Crippen molar-refractivity contribution in [3.05, 3.63) is 101 Å². The first-order valence-corrected chi connectivity index (χ1v) is 11.7. The van der Waals surface area contributed by atoms with Crippen LogP contribution in [0.1, 0.15) is 37.4 Å². The van der Waals surface area contributed by atoms with Crippen LogP contribution in [0.4, 0.5) is 5.69 Å². The average Bonchev–Trinajstić information content (AvgIpc) is 2.86. The van der Waals surface area contributed by atoms with Crippen LogP contribution in [0.2, 0.25) is 0 Å². The number of rotatable bonds is 7. The summed E-state index contributed by atoms with van der Waals surface area (Å²) in [6.45, 7) is 7.64. The van der Waals surface area contributed by atoms with E-state index in [4.69, 9.17) is 0 Å². The Balaban J connectivity index is 1.36. The Morgan fingerprint density at radius 1 is 0.794 bits per heavy atom. The average molecular weight is 457 g/mol. The van der Waals surface area contributed by atoms with E-state index < -0.39 is 0 Å². The standard InChI is InChI=1S/C28H32N4O2/c1-21-11-12-25(18-26(21)30-28(34)24-9-4-3-5-10-24)27(33)29-19-22-7-6-8-23(17-22)20-32-15-13-31(2)14-16-32/h3-12,17-18H,13-16,19-20H2,1-2H3,(H,29,33)(H,30,34). The molecule has 0 atom stereocenters. The lowest BCUT2D eigenvalue weighted by Gasteiger charge is -2.32. The molecule has 0 aliphatic carbocycles. The normalized spacial score (nSPS) is 14.5. The van der Waals surface area contributed by atoms with E-state index in [1.807, 2.05) is 37.3 Å². The molecule has 4 rings (SSSR count). The summed E-state index contributed by atoms with van der Waals surface area (Å²) in [6.07, 6.45) is 0. The molecule has 6 nitrogen and oxygen atoms in total. The van der Waals surface area contributed by atoms with Gasteiger partial charge in [-0.2, -0.15) is 0 Å². The van der Waals surface area contributed by atoms with Crippen molar-refractivity contribution in [2.24, 2.45) is 0 Å². The van der Waals surface area contributed by atoms with Crippen molar-refractivity contribution < 1.29 is 9.59 Å². The third kappa shape index (κ3) is 6.31. The summed E-state index contributed by atoms with van der Waals surface area (Å²) in [5.74, 6) is -0.363. The van der Waals surface area contributed by atoms with Crippen LogP contribution in [0.5, 0.6) is 0 Å². The highest BCUT2D eigenvalue weighted by molar-refractivity contribution is 6.05. The number of hydrogen-bond donors (Lipinski definition) is 2. The minimum absolute atomic E-state index is 0.167. The third-order valence-electron chi connectivity index (χ3n) is 6.23. The van der Waals surface area contributed by atoms with Gasteiger partial charge in [-0.05, 0) is 54.9 Å². The molecular formula is C28H32N4O2. The molecule has 0 radical (unpaired) electrons. The van der Waals surface area contributed by atoms with Crippen LogP contribution in [0.25, 0.3) is 0 Å². The van der Waals surface area contributed by atoms with E-state index in [9.17, 15) is 9.59 Å². The van der Waals surface area contributed by atoms with Gasteiger partial charge in [0, 0.05) is 56.1 Å². The quantitative estimate of drug-likeness (QED) is 0.566. The summed E-state index contributed by atoms with van der Waals surface area (Å²) in [4.78, 5) is 30.2. The number of nitrogens with one attached hydrogen (secondary N) is 2. The molecule has 3 aromatic carbocycles. The van der Waals surface area contributed by atoms with Crippen molar-refractivity contribution >= 4 is 17.5 Å². The van der Waals surface area contributed by atoms with Gasteiger partial charge in [0.05, 0.1) is 0 Å². The number of hydrogen-bond acceptors (Lipinski definition) is 4. The zero-order chi connectivity index (χ0) is 23.9. The molecular weight excluding hydrogens is 424 g/mol. The fourth-order valence-corrected chi connectivity index (χ4v) is 4.07. The summed E-state index contributed by atoms with van der Waals surface area (Å²) in [7, 11) is 2.16.